The number of esters is 1. The molecule has 0 aliphatic rings. The van der Waals surface area contributed by atoms with E-state index in [0.717, 1.165) is 0 Å². The van der Waals surface area contributed by atoms with E-state index in [0.29, 0.717) is 5.69 Å². The molecule has 26 heavy (non-hydrogen) atoms. The van der Waals surface area contributed by atoms with Crippen molar-refractivity contribution in [1.29, 1.82) is 0 Å². The Morgan fingerprint density at radius 3 is 2.62 bits per heavy atom. The number of aromatic nitrogens is 3. The van der Waals surface area contributed by atoms with Crippen LogP contribution in [0, 0.1) is 0 Å². The lowest BCUT2D eigenvalue weighted by molar-refractivity contribution is -0.159. The van der Waals surface area contributed by atoms with Crippen LogP contribution in [0.15, 0.2) is 22.9 Å². The molecule has 0 aromatic carbocycles. The summed E-state index contributed by atoms with van der Waals surface area (Å²) in [6, 6.07) is 2.31. The first kappa shape index (κ1) is 19.1. The quantitative estimate of drug-likeness (QED) is 0.737. The molecule has 0 saturated carbocycles. The Morgan fingerprint density at radius 2 is 2.04 bits per heavy atom. The highest BCUT2D eigenvalue weighted by Gasteiger charge is 2.38. The molecule has 2 heterocycles. The number of hydrogen-bond acceptors (Lipinski definition) is 7. The summed E-state index contributed by atoms with van der Waals surface area (Å²) in [4.78, 5) is 29.8. The summed E-state index contributed by atoms with van der Waals surface area (Å²) < 4.78 is 46.1. The average Bonchev–Trinajstić information content (AvgIpc) is 3.09. The molecule has 0 aliphatic carbocycles. The van der Waals surface area contributed by atoms with Crippen LogP contribution in [-0.4, -0.2) is 40.3 Å². The molecule has 2 rings (SSSR count). The summed E-state index contributed by atoms with van der Waals surface area (Å²) in [5, 5.41) is 8.00. The van der Waals surface area contributed by atoms with Crippen LogP contribution < -0.4 is 10.6 Å². The zero-order valence-electron chi connectivity index (χ0n) is 13.5. The van der Waals surface area contributed by atoms with E-state index < -0.39 is 24.1 Å². The van der Waals surface area contributed by atoms with Gasteiger partial charge >= 0.3 is 24.1 Å². The Hall–Kier alpha value is -3.18. The first-order valence-corrected chi connectivity index (χ1v) is 7.33. The number of rotatable bonds is 6. The van der Waals surface area contributed by atoms with Gasteiger partial charge in [0, 0.05) is 11.8 Å². The largest absolute Gasteiger partial charge is 0.471 e. The van der Waals surface area contributed by atoms with Gasteiger partial charge in [0.15, 0.2) is 0 Å². The van der Waals surface area contributed by atoms with Crippen molar-refractivity contribution in [3.05, 3.63) is 29.9 Å². The number of ether oxygens (including phenoxy) is 1. The number of amides is 2. The van der Waals surface area contributed by atoms with Crippen molar-refractivity contribution in [2.75, 3.05) is 13.2 Å². The van der Waals surface area contributed by atoms with Gasteiger partial charge in [0.05, 0.1) is 18.8 Å². The maximum Gasteiger partial charge on any atom is 0.471 e. The Kier molecular flexibility index (Phi) is 6.09. The molecule has 140 valence electrons. The first-order chi connectivity index (χ1) is 12.3. The number of nitrogens with zero attached hydrogens (tertiary/aromatic N) is 3. The van der Waals surface area contributed by atoms with E-state index in [4.69, 9.17) is 0 Å². The van der Waals surface area contributed by atoms with Crippen LogP contribution in [0.4, 0.5) is 18.0 Å². The van der Waals surface area contributed by atoms with E-state index in [1.54, 1.807) is 6.92 Å². The molecule has 2 amide bonds. The topological polar surface area (TPSA) is 119 Å². The number of urea groups is 1. The summed E-state index contributed by atoms with van der Waals surface area (Å²) in [6.07, 6.45) is -3.47. The molecule has 9 nitrogen and oxygen atoms in total. The molecular formula is C14H14F3N5O4. The molecule has 0 unspecified atom stereocenters. The van der Waals surface area contributed by atoms with E-state index in [2.05, 4.69) is 35.0 Å². The summed E-state index contributed by atoms with van der Waals surface area (Å²) >= 11 is 0. The molecule has 0 saturated heterocycles. The molecule has 2 aromatic rings. The highest BCUT2D eigenvalue weighted by atomic mass is 19.4. The molecule has 0 aliphatic heterocycles. The van der Waals surface area contributed by atoms with Gasteiger partial charge in [-0.1, -0.05) is 5.16 Å². The van der Waals surface area contributed by atoms with Crippen LogP contribution in [0.5, 0.6) is 0 Å². The number of carbonyl (C=O) groups excluding carboxylic acids is 2. The minimum absolute atomic E-state index is 0.0367. The Morgan fingerprint density at radius 1 is 1.27 bits per heavy atom. The minimum Gasteiger partial charge on any atom is -0.465 e. The van der Waals surface area contributed by atoms with E-state index in [1.165, 1.54) is 18.3 Å². The molecule has 2 aromatic heterocycles. The number of carbonyl (C=O) groups is 2. The SMILES string of the molecule is CCOC(=O)CNC(=O)NCc1ccc(-c2noc(C(F)(F)F)n2)cn1. The van der Waals surface area contributed by atoms with Gasteiger partial charge in [0.25, 0.3) is 0 Å². The Labute approximate surface area is 144 Å². The smallest absolute Gasteiger partial charge is 0.465 e. The minimum atomic E-state index is -4.72. The van der Waals surface area contributed by atoms with Crippen LogP contribution in [0.25, 0.3) is 11.4 Å². The lowest BCUT2D eigenvalue weighted by atomic mass is 10.2. The van der Waals surface area contributed by atoms with Crippen LogP contribution in [0.3, 0.4) is 0 Å². The number of alkyl halides is 3. The van der Waals surface area contributed by atoms with Gasteiger partial charge in [-0.2, -0.15) is 18.2 Å². The zero-order valence-corrected chi connectivity index (χ0v) is 13.5. The van der Waals surface area contributed by atoms with E-state index in [-0.39, 0.29) is 31.1 Å². The Balaban J connectivity index is 1.87. The molecular weight excluding hydrogens is 359 g/mol. The van der Waals surface area contributed by atoms with Gasteiger partial charge in [0.2, 0.25) is 5.82 Å². The fourth-order valence-electron chi connectivity index (χ4n) is 1.72. The molecule has 2 N–H and O–H groups in total. The number of hydrogen-bond donors (Lipinski definition) is 2. The van der Waals surface area contributed by atoms with Crippen molar-refractivity contribution in [3.8, 4) is 11.4 Å². The predicted molar refractivity (Wildman–Crippen MR) is 79.4 cm³/mol. The van der Waals surface area contributed by atoms with Crippen molar-refractivity contribution in [3.63, 3.8) is 0 Å². The molecule has 0 atom stereocenters. The molecule has 0 radical (unpaired) electrons. The van der Waals surface area contributed by atoms with Crippen molar-refractivity contribution in [2.24, 2.45) is 0 Å². The fraction of sp³-hybridized carbons (Fsp3) is 0.357. The first-order valence-electron chi connectivity index (χ1n) is 7.33. The average molecular weight is 373 g/mol. The monoisotopic (exact) mass is 373 g/mol. The predicted octanol–water partition coefficient (Wildman–Crippen LogP) is 1.51. The second kappa shape index (κ2) is 8.27. The molecule has 12 heteroatoms. The molecule has 0 spiro atoms. The third-order valence-corrected chi connectivity index (χ3v) is 2.88. The molecule has 0 bridgehead atoms. The second-order valence-corrected chi connectivity index (χ2v) is 4.80. The van der Waals surface area contributed by atoms with Crippen LogP contribution in [0.1, 0.15) is 18.5 Å². The highest BCUT2D eigenvalue weighted by Crippen LogP contribution is 2.29. The van der Waals surface area contributed by atoms with Crippen molar-refractivity contribution >= 4 is 12.0 Å². The van der Waals surface area contributed by atoms with E-state index >= 15 is 0 Å². The number of nitrogens with one attached hydrogen (secondary N) is 2. The van der Waals surface area contributed by atoms with Gasteiger partial charge in [0.1, 0.15) is 6.54 Å². The maximum atomic E-state index is 12.4. The standard InChI is InChI=1S/C14H14F3N5O4/c1-2-25-10(23)7-20-13(24)19-6-9-4-3-8(5-18-9)11-21-12(26-22-11)14(15,16)17/h3-5H,2,6-7H2,1H3,(H2,19,20,24). The third-order valence-electron chi connectivity index (χ3n) is 2.88. The van der Waals surface area contributed by atoms with Gasteiger partial charge in [-0.15, -0.1) is 0 Å². The third kappa shape index (κ3) is 5.43. The fourth-order valence-corrected chi connectivity index (χ4v) is 1.72. The van der Waals surface area contributed by atoms with Gasteiger partial charge < -0.3 is 19.9 Å². The zero-order chi connectivity index (χ0) is 19.2. The van der Waals surface area contributed by atoms with Gasteiger partial charge in [-0.3, -0.25) is 9.78 Å². The van der Waals surface area contributed by atoms with Crippen molar-refractivity contribution in [2.45, 2.75) is 19.6 Å². The van der Waals surface area contributed by atoms with Crippen LogP contribution in [0.2, 0.25) is 0 Å². The molecule has 0 fully saturated rings. The number of halogens is 3. The summed E-state index contributed by atoms with van der Waals surface area (Å²) in [5.74, 6) is -2.27. The lowest BCUT2D eigenvalue weighted by Crippen LogP contribution is -2.38. The van der Waals surface area contributed by atoms with Gasteiger partial charge in [-0.25, -0.2) is 4.79 Å². The van der Waals surface area contributed by atoms with Gasteiger partial charge in [-0.05, 0) is 19.1 Å². The Bertz CT molecular complexity index is 761. The second-order valence-electron chi connectivity index (χ2n) is 4.80. The van der Waals surface area contributed by atoms with Crippen molar-refractivity contribution < 1.29 is 32.0 Å². The maximum absolute atomic E-state index is 12.4. The van der Waals surface area contributed by atoms with E-state index in [9.17, 15) is 22.8 Å². The highest BCUT2D eigenvalue weighted by molar-refractivity contribution is 5.80. The van der Waals surface area contributed by atoms with E-state index in [1.807, 2.05) is 0 Å². The summed E-state index contributed by atoms with van der Waals surface area (Å²) in [5.41, 5.74) is 0.652. The summed E-state index contributed by atoms with van der Waals surface area (Å²) in [6.45, 7) is 1.62. The van der Waals surface area contributed by atoms with Crippen molar-refractivity contribution in [1.82, 2.24) is 25.8 Å². The number of pyridine rings is 1. The van der Waals surface area contributed by atoms with Crippen LogP contribution >= 0.6 is 0 Å². The summed E-state index contributed by atoms with van der Waals surface area (Å²) in [7, 11) is 0. The van der Waals surface area contributed by atoms with Crippen LogP contribution in [-0.2, 0) is 22.3 Å². The normalized spacial score (nSPS) is 11.1. The lowest BCUT2D eigenvalue weighted by Gasteiger charge is -2.07.